The Hall–Kier alpha value is -1.87. The molecule has 3 rings (SSSR count). The Labute approximate surface area is 118 Å². The number of anilines is 1. The summed E-state index contributed by atoms with van der Waals surface area (Å²) in [6.45, 7) is 3.22. The van der Waals surface area contributed by atoms with Gasteiger partial charge in [-0.3, -0.25) is 0 Å². The highest BCUT2D eigenvalue weighted by Gasteiger charge is 2.21. The van der Waals surface area contributed by atoms with E-state index in [0.29, 0.717) is 5.56 Å². The van der Waals surface area contributed by atoms with Crippen LogP contribution in [0.4, 0.5) is 10.1 Å². The molecule has 2 aromatic carbocycles. The molecule has 0 spiro atoms. The Bertz CT molecular complexity index is 624. The molecule has 1 atom stereocenters. The van der Waals surface area contributed by atoms with Gasteiger partial charge in [-0.15, -0.1) is 0 Å². The summed E-state index contributed by atoms with van der Waals surface area (Å²) in [4.78, 5) is 2.15. The highest BCUT2D eigenvalue weighted by atomic mass is 19.1. The number of nitrogens with zero attached hydrogens (tertiary/aromatic N) is 1. The minimum atomic E-state index is -0.802. The molecule has 1 heterocycles. The lowest BCUT2D eigenvalue weighted by atomic mass is 9.98. The van der Waals surface area contributed by atoms with E-state index in [1.807, 2.05) is 12.1 Å². The molecule has 0 saturated heterocycles. The molecule has 0 saturated carbocycles. The topological polar surface area (TPSA) is 23.5 Å². The third-order valence-corrected chi connectivity index (χ3v) is 3.92. The number of hydrogen-bond donors (Lipinski definition) is 1. The number of rotatable bonds is 2. The van der Waals surface area contributed by atoms with Crippen LogP contribution in [0.3, 0.4) is 0 Å². The van der Waals surface area contributed by atoms with Crippen LogP contribution in [0.1, 0.15) is 29.7 Å². The first-order valence-corrected chi connectivity index (χ1v) is 6.95. The molecule has 2 aromatic rings. The smallest absolute Gasteiger partial charge is 0.131 e. The lowest BCUT2D eigenvalue weighted by Gasteiger charge is -2.32. The van der Waals surface area contributed by atoms with Crippen LogP contribution in [0.25, 0.3) is 0 Å². The summed E-state index contributed by atoms with van der Waals surface area (Å²) in [5.41, 5.74) is 3.83. The molecule has 0 aromatic heterocycles. The van der Waals surface area contributed by atoms with Crippen LogP contribution in [0.15, 0.2) is 42.5 Å². The molecule has 0 aliphatic carbocycles. The number of aliphatic hydroxyl groups excluding tert-OH is 1. The molecule has 0 fully saturated rings. The third-order valence-electron chi connectivity index (χ3n) is 3.92. The maximum atomic E-state index is 14.0. The Morgan fingerprint density at radius 3 is 2.60 bits per heavy atom. The molecule has 1 aliphatic rings. The van der Waals surface area contributed by atoms with Gasteiger partial charge < -0.3 is 10.0 Å². The summed E-state index contributed by atoms with van der Waals surface area (Å²) in [5.74, 6) is -0.337. The second-order valence-electron chi connectivity index (χ2n) is 5.29. The number of fused-ring (bicyclic) bond motifs is 1. The van der Waals surface area contributed by atoms with E-state index in [0.717, 1.165) is 25.2 Å². The van der Waals surface area contributed by atoms with Crippen molar-refractivity contribution >= 4 is 5.69 Å². The van der Waals surface area contributed by atoms with Crippen LogP contribution in [-0.4, -0.2) is 11.7 Å². The molecule has 104 valence electrons. The first-order valence-electron chi connectivity index (χ1n) is 6.95. The van der Waals surface area contributed by atoms with Gasteiger partial charge in [-0.25, -0.2) is 4.39 Å². The second kappa shape index (κ2) is 5.25. The van der Waals surface area contributed by atoms with Gasteiger partial charge in [-0.05, 0) is 36.6 Å². The fraction of sp³-hybridized carbons (Fsp3) is 0.294. The van der Waals surface area contributed by atoms with E-state index in [1.165, 1.54) is 17.2 Å². The molecule has 0 unspecified atom stereocenters. The van der Waals surface area contributed by atoms with Crippen molar-refractivity contribution in [1.29, 1.82) is 0 Å². The summed E-state index contributed by atoms with van der Waals surface area (Å²) in [5, 5.41) is 9.84. The van der Waals surface area contributed by atoms with Crippen LogP contribution in [0, 0.1) is 5.82 Å². The fourth-order valence-electron chi connectivity index (χ4n) is 2.92. The van der Waals surface area contributed by atoms with Gasteiger partial charge >= 0.3 is 0 Å². The molecule has 1 aliphatic heterocycles. The Balaban J connectivity index is 1.98. The zero-order valence-electron chi connectivity index (χ0n) is 11.5. The maximum Gasteiger partial charge on any atom is 0.131 e. The molecular formula is C17H18FNO. The summed E-state index contributed by atoms with van der Waals surface area (Å²) < 4.78 is 14.0. The van der Waals surface area contributed by atoms with E-state index >= 15 is 0 Å². The van der Waals surface area contributed by atoms with Crippen molar-refractivity contribution in [3.8, 4) is 0 Å². The lowest BCUT2D eigenvalue weighted by Crippen LogP contribution is -2.31. The molecule has 3 heteroatoms. The van der Waals surface area contributed by atoms with Gasteiger partial charge in [0.2, 0.25) is 0 Å². The molecule has 0 bridgehead atoms. The number of benzene rings is 2. The standard InChI is InChI=1S/C17H18FNO/c1-12(20)17-15(18)7-4-8-16(17)19-10-9-13-5-2-3-6-14(13)11-19/h2-8,12,20H,9-11H2,1H3/t12-/m1/s1. The van der Waals surface area contributed by atoms with Crippen LogP contribution < -0.4 is 4.90 Å². The normalized spacial score (nSPS) is 15.8. The molecule has 1 N–H and O–H groups in total. The second-order valence-corrected chi connectivity index (χ2v) is 5.29. The lowest BCUT2D eigenvalue weighted by molar-refractivity contribution is 0.194. The van der Waals surface area contributed by atoms with Crippen molar-refractivity contribution < 1.29 is 9.50 Å². The van der Waals surface area contributed by atoms with E-state index in [4.69, 9.17) is 0 Å². The average molecular weight is 271 g/mol. The van der Waals surface area contributed by atoms with E-state index in [9.17, 15) is 9.50 Å². The van der Waals surface area contributed by atoms with E-state index in [2.05, 4.69) is 23.1 Å². The Kier molecular flexibility index (Phi) is 3.45. The monoisotopic (exact) mass is 271 g/mol. The van der Waals surface area contributed by atoms with Gasteiger partial charge in [0.25, 0.3) is 0 Å². The molecule has 0 amide bonds. The van der Waals surface area contributed by atoms with Crippen LogP contribution in [-0.2, 0) is 13.0 Å². The zero-order chi connectivity index (χ0) is 14.1. The summed E-state index contributed by atoms with van der Waals surface area (Å²) in [7, 11) is 0. The van der Waals surface area contributed by atoms with Crippen molar-refractivity contribution in [2.24, 2.45) is 0 Å². The van der Waals surface area contributed by atoms with Gasteiger partial charge in [0.05, 0.1) is 6.10 Å². The Morgan fingerprint density at radius 2 is 1.85 bits per heavy atom. The highest BCUT2D eigenvalue weighted by molar-refractivity contribution is 5.57. The summed E-state index contributed by atoms with van der Waals surface area (Å²) in [6.07, 6.45) is 0.148. The van der Waals surface area contributed by atoms with E-state index in [1.54, 1.807) is 13.0 Å². The van der Waals surface area contributed by atoms with Crippen molar-refractivity contribution in [1.82, 2.24) is 0 Å². The fourth-order valence-corrected chi connectivity index (χ4v) is 2.92. The first kappa shape index (κ1) is 13.1. The predicted octanol–water partition coefficient (Wildman–Crippen LogP) is 3.44. The van der Waals surface area contributed by atoms with Gasteiger partial charge in [0.1, 0.15) is 5.82 Å². The van der Waals surface area contributed by atoms with Gasteiger partial charge in [-0.1, -0.05) is 30.3 Å². The van der Waals surface area contributed by atoms with Gasteiger partial charge in [0, 0.05) is 24.3 Å². The van der Waals surface area contributed by atoms with E-state index < -0.39 is 6.10 Å². The van der Waals surface area contributed by atoms with Gasteiger partial charge in [0.15, 0.2) is 0 Å². The largest absolute Gasteiger partial charge is 0.389 e. The van der Waals surface area contributed by atoms with Crippen molar-refractivity contribution in [3.05, 3.63) is 65.0 Å². The third kappa shape index (κ3) is 2.29. The van der Waals surface area contributed by atoms with Crippen molar-refractivity contribution in [3.63, 3.8) is 0 Å². The SMILES string of the molecule is C[C@@H](O)c1c(F)cccc1N1CCc2ccccc2C1. The van der Waals surface area contributed by atoms with Crippen LogP contribution in [0.5, 0.6) is 0 Å². The maximum absolute atomic E-state index is 14.0. The quantitative estimate of drug-likeness (QED) is 0.904. The van der Waals surface area contributed by atoms with Gasteiger partial charge in [-0.2, -0.15) is 0 Å². The van der Waals surface area contributed by atoms with Crippen molar-refractivity contribution in [2.75, 3.05) is 11.4 Å². The highest BCUT2D eigenvalue weighted by Crippen LogP contribution is 2.32. The zero-order valence-corrected chi connectivity index (χ0v) is 11.5. The molecule has 0 radical (unpaired) electrons. The average Bonchev–Trinajstić information content (AvgIpc) is 2.46. The number of aliphatic hydroxyl groups is 1. The summed E-state index contributed by atoms with van der Waals surface area (Å²) in [6, 6.07) is 13.3. The van der Waals surface area contributed by atoms with Crippen molar-refractivity contribution in [2.45, 2.75) is 26.0 Å². The molecule has 2 nitrogen and oxygen atoms in total. The minimum Gasteiger partial charge on any atom is -0.389 e. The predicted molar refractivity (Wildman–Crippen MR) is 78.2 cm³/mol. The number of hydrogen-bond acceptors (Lipinski definition) is 2. The molecule has 20 heavy (non-hydrogen) atoms. The van der Waals surface area contributed by atoms with E-state index in [-0.39, 0.29) is 5.82 Å². The van der Waals surface area contributed by atoms with Crippen LogP contribution in [0.2, 0.25) is 0 Å². The Morgan fingerprint density at radius 1 is 1.10 bits per heavy atom. The molecular weight excluding hydrogens is 253 g/mol. The summed E-state index contributed by atoms with van der Waals surface area (Å²) >= 11 is 0. The van der Waals surface area contributed by atoms with Crippen LogP contribution >= 0.6 is 0 Å². The minimum absolute atomic E-state index is 0.337. The number of halogens is 1. The first-order chi connectivity index (χ1) is 9.66.